The van der Waals surface area contributed by atoms with Gasteiger partial charge in [0.1, 0.15) is 11.5 Å². The lowest BCUT2D eigenvalue weighted by atomic mass is 9.92. The first-order chi connectivity index (χ1) is 19.9. The van der Waals surface area contributed by atoms with Crippen LogP contribution in [0.15, 0.2) is 79.1 Å². The summed E-state index contributed by atoms with van der Waals surface area (Å²) in [5.74, 6) is 0.473. The monoisotopic (exact) mass is 556 g/mol. The second kappa shape index (κ2) is 17.8. The highest BCUT2D eigenvalue weighted by Crippen LogP contribution is 2.24. The van der Waals surface area contributed by atoms with Gasteiger partial charge in [0.05, 0.1) is 12.2 Å². The molecule has 3 aromatic rings. The van der Waals surface area contributed by atoms with Gasteiger partial charge in [-0.2, -0.15) is 0 Å². The summed E-state index contributed by atoms with van der Waals surface area (Å²) >= 11 is 0. The fourth-order valence-corrected chi connectivity index (χ4v) is 4.84. The Morgan fingerprint density at radius 1 is 0.927 bits per heavy atom. The Balaban J connectivity index is 1.50. The fraction of sp³-hybridized carbons (Fsp3) is 0.400. The van der Waals surface area contributed by atoms with Crippen molar-refractivity contribution in [3.05, 3.63) is 101 Å². The molecule has 3 rings (SSSR count). The summed E-state index contributed by atoms with van der Waals surface area (Å²) in [7, 11) is 2.15. The third-order valence-corrected chi connectivity index (χ3v) is 7.16. The maximum atomic E-state index is 11.4. The van der Waals surface area contributed by atoms with Crippen LogP contribution in [0.4, 0.5) is 0 Å². The summed E-state index contributed by atoms with van der Waals surface area (Å²) in [6, 6.07) is 19.4. The van der Waals surface area contributed by atoms with Gasteiger partial charge in [-0.05, 0) is 106 Å². The third kappa shape index (κ3) is 12.5. The van der Waals surface area contributed by atoms with Crippen molar-refractivity contribution in [3.63, 3.8) is 0 Å². The Bertz CT molecular complexity index is 1220. The van der Waals surface area contributed by atoms with Gasteiger partial charge in [-0.1, -0.05) is 48.9 Å². The first-order valence-electron chi connectivity index (χ1n) is 14.7. The number of carbonyl (C=O) groups excluding carboxylic acids is 1. The third-order valence-electron chi connectivity index (χ3n) is 7.16. The van der Waals surface area contributed by atoms with Gasteiger partial charge >= 0.3 is 5.97 Å². The molecule has 0 bridgehead atoms. The minimum atomic E-state index is -0.915. The standard InChI is InChI=1S/C35H44N2O4/c1-28(38)10-4-5-11-29(26-30-15-18-33(19-16-30)35(39)40)14-17-32-12-6-7-13-34(32)41-25-9-3-8-24-37(2)27-31-20-22-36-23-21-31/h6-7,12-23,29H,3-5,8-11,24-27H2,1-2H3,(H,39,40)/b17-14+. The van der Waals surface area contributed by atoms with Crippen LogP contribution in [-0.2, 0) is 17.8 Å². The van der Waals surface area contributed by atoms with Crippen LogP contribution >= 0.6 is 0 Å². The van der Waals surface area contributed by atoms with Crippen LogP contribution in [0.5, 0.6) is 5.75 Å². The number of unbranched alkanes of at least 4 members (excludes halogenated alkanes) is 3. The molecule has 0 amide bonds. The number of carboxylic acids is 1. The molecule has 41 heavy (non-hydrogen) atoms. The summed E-state index contributed by atoms with van der Waals surface area (Å²) in [5.41, 5.74) is 3.74. The zero-order chi connectivity index (χ0) is 29.3. The number of rotatable bonds is 19. The zero-order valence-electron chi connectivity index (χ0n) is 24.5. The second-order valence-electron chi connectivity index (χ2n) is 10.8. The van der Waals surface area contributed by atoms with Gasteiger partial charge in [-0.15, -0.1) is 0 Å². The lowest BCUT2D eigenvalue weighted by Crippen LogP contribution is -2.19. The molecule has 6 nitrogen and oxygen atoms in total. The molecule has 0 saturated carbocycles. The molecule has 0 aliphatic carbocycles. The van der Waals surface area contributed by atoms with Crippen LogP contribution in [0.1, 0.15) is 78.9 Å². The van der Waals surface area contributed by atoms with Gasteiger partial charge in [0.25, 0.3) is 0 Å². The van der Waals surface area contributed by atoms with E-state index in [1.165, 1.54) is 5.56 Å². The van der Waals surface area contributed by atoms with Gasteiger partial charge in [0.2, 0.25) is 0 Å². The van der Waals surface area contributed by atoms with Crippen LogP contribution in [0.2, 0.25) is 0 Å². The molecular weight excluding hydrogens is 512 g/mol. The first kappa shape index (κ1) is 31.8. The Kier molecular flexibility index (Phi) is 13.8. The largest absolute Gasteiger partial charge is 0.493 e. The molecule has 0 fully saturated rings. The number of ketones is 1. The molecule has 2 aromatic carbocycles. The van der Waals surface area contributed by atoms with Crippen molar-refractivity contribution in [2.24, 2.45) is 5.92 Å². The smallest absolute Gasteiger partial charge is 0.335 e. The zero-order valence-corrected chi connectivity index (χ0v) is 24.5. The van der Waals surface area contributed by atoms with Crippen LogP contribution in [0.25, 0.3) is 6.08 Å². The molecule has 1 aromatic heterocycles. The highest BCUT2D eigenvalue weighted by atomic mass is 16.5. The van der Waals surface area contributed by atoms with Gasteiger partial charge in [0, 0.05) is 30.9 Å². The number of hydrogen-bond donors (Lipinski definition) is 1. The maximum absolute atomic E-state index is 11.4. The number of para-hydroxylation sites is 1. The maximum Gasteiger partial charge on any atom is 0.335 e. The van der Waals surface area contributed by atoms with Crippen molar-refractivity contribution in [1.82, 2.24) is 9.88 Å². The number of carboxylic acid groups (broad SMARTS) is 1. The van der Waals surface area contributed by atoms with E-state index in [2.05, 4.69) is 47.3 Å². The molecule has 0 aliphatic heterocycles. The van der Waals surface area contributed by atoms with Crippen molar-refractivity contribution in [3.8, 4) is 5.75 Å². The average molecular weight is 557 g/mol. The van der Waals surface area contributed by atoms with E-state index in [9.17, 15) is 14.7 Å². The number of aromatic carboxylic acids is 1. The van der Waals surface area contributed by atoms with Crippen LogP contribution in [0, 0.1) is 5.92 Å². The van der Waals surface area contributed by atoms with E-state index in [1.807, 2.05) is 42.7 Å². The van der Waals surface area contributed by atoms with Crippen LogP contribution in [0.3, 0.4) is 0 Å². The highest BCUT2D eigenvalue weighted by Gasteiger charge is 2.10. The van der Waals surface area contributed by atoms with E-state index in [-0.39, 0.29) is 11.7 Å². The van der Waals surface area contributed by atoms with E-state index in [0.29, 0.717) is 18.6 Å². The summed E-state index contributed by atoms with van der Waals surface area (Å²) in [5, 5.41) is 9.20. The van der Waals surface area contributed by atoms with Crippen molar-refractivity contribution < 1.29 is 19.4 Å². The number of benzene rings is 2. The summed E-state index contributed by atoms with van der Waals surface area (Å²) < 4.78 is 6.19. The molecule has 1 atom stereocenters. The molecule has 0 saturated heterocycles. The van der Waals surface area contributed by atoms with Gasteiger partial charge < -0.3 is 19.5 Å². The number of aromatic nitrogens is 1. The van der Waals surface area contributed by atoms with Crippen molar-refractivity contribution in [1.29, 1.82) is 0 Å². The topological polar surface area (TPSA) is 79.7 Å². The molecule has 0 spiro atoms. The van der Waals surface area contributed by atoms with E-state index in [0.717, 1.165) is 74.9 Å². The molecule has 1 heterocycles. The van der Waals surface area contributed by atoms with E-state index in [1.54, 1.807) is 19.1 Å². The average Bonchev–Trinajstić information content (AvgIpc) is 2.97. The number of pyridine rings is 1. The molecule has 1 unspecified atom stereocenters. The number of Topliss-reactive ketones (excluding diaryl/α,β-unsaturated/α-hetero) is 1. The number of allylic oxidation sites excluding steroid dienone is 1. The minimum Gasteiger partial charge on any atom is -0.493 e. The van der Waals surface area contributed by atoms with Crippen molar-refractivity contribution in [2.75, 3.05) is 20.2 Å². The molecule has 0 radical (unpaired) electrons. The number of ether oxygens (including phenoxy) is 1. The molecule has 0 aliphatic rings. The Labute approximate surface area is 245 Å². The van der Waals surface area contributed by atoms with Crippen LogP contribution in [-0.4, -0.2) is 46.9 Å². The quantitative estimate of drug-likeness (QED) is 0.154. The predicted molar refractivity (Wildman–Crippen MR) is 165 cm³/mol. The first-order valence-corrected chi connectivity index (χ1v) is 14.7. The van der Waals surface area contributed by atoms with Crippen molar-refractivity contribution >= 4 is 17.8 Å². The summed E-state index contributed by atoms with van der Waals surface area (Å²) in [6.07, 6.45) is 15.6. The lowest BCUT2D eigenvalue weighted by molar-refractivity contribution is -0.117. The number of carbonyl (C=O) groups is 2. The Morgan fingerprint density at radius 2 is 1.68 bits per heavy atom. The normalized spacial score (nSPS) is 12.1. The van der Waals surface area contributed by atoms with Gasteiger partial charge in [-0.3, -0.25) is 4.98 Å². The second-order valence-corrected chi connectivity index (χ2v) is 10.8. The Morgan fingerprint density at radius 3 is 2.41 bits per heavy atom. The summed E-state index contributed by atoms with van der Waals surface area (Å²) in [4.78, 5) is 29.0. The molecule has 1 N–H and O–H groups in total. The predicted octanol–water partition coefficient (Wildman–Crippen LogP) is 7.48. The number of nitrogens with zero attached hydrogens (tertiary/aromatic N) is 2. The SMILES string of the molecule is CC(=O)CCCCC(/C=C/c1ccccc1OCCCCCN(C)Cc1ccncc1)Cc1ccc(C(=O)O)cc1. The van der Waals surface area contributed by atoms with Crippen LogP contribution < -0.4 is 4.74 Å². The fourth-order valence-electron chi connectivity index (χ4n) is 4.84. The van der Waals surface area contributed by atoms with E-state index >= 15 is 0 Å². The van der Waals surface area contributed by atoms with Gasteiger partial charge in [-0.25, -0.2) is 4.79 Å². The molecule has 218 valence electrons. The van der Waals surface area contributed by atoms with E-state index in [4.69, 9.17) is 4.74 Å². The number of hydrogen-bond acceptors (Lipinski definition) is 5. The molecule has 6 heteroatoms. The Hall–Kier alpha value is -3.77. The highest BCUT2D eigenvalue weighted by molar-refractivity contribution is 5.87. The van der Waals surface area contributed by atoms with Crippen molar-refractivity contribution in [2.45, 2.75) is 64.8 Å². The van der Waals surface area contributed by atoms with Gasteiger partial charge in [0.15, 0.2) is 0 Å². The minimum absolute atomic E-state index is 0.226. The summed E-state index contributed by atoms with van der Waals surface area (Å²) in [6.45, 7) is 4.31. The van der Waals surface area contributed by atoms with E-state index < -0.39 is 5.97 Å². The molecular formula is C35H44N2O4. The lowest BCUT2D eigenvalue weighted by Gasteiger charge is -2.16.